The van der Waals surface area contributed by atoms with E-state index in [2.05, 4.69) is 4.72 Å². The van der Waals surface area contributed by atoms with Crippen molar-refractivity contribution in [3.8, 4) is 0 Å². The van der Waals surface area contributed by atoms with E-state index in [1.165, 1.54) is 6.07 Å². The Hall–Kier alpha value is -1.30. The summed E-state index contributed by atoms with van der Waals surface area (Å²) in [5.41, 5.74) is 0.709. The van der Waals surface area contributed by atoms with Crippen molar-refractivity contribution in [3.05, 3.63) is 24.0 Å². The quantitative estimate of drug-likeness (QED) is 0.875. The molecule has 0 spiro atoms. The van der Waals surface area contributed by atoms with E-state index in [4.69, 9.17) is 0 Å². The first-order valence-electron chi connectivity index (χ1n) is 6.29. The predicted octanol–water partition coefficient (Wildman–Crippen LogP) is 2.82. The fraction of sp³-hybridized carbons (Fsp3) is 0.538. The zero-order chi connectivity index (χ0) is 14.6. The van der Waals surface area contributed by atoms with Crippen LogP contribution in [-0.4, -0.2) is 27.3 Å². The second-order valence-corrected chi connectivity index (χ2v) is 6.63. The molecule has 0 heterocycles. The molecule has 0 aliphatic carbocycles. The van der Waals surface area contributed by atoms with E-state index in [1.54, 1.807) is 31.0 Å². The predicted molar refractivity (Wildman–Crippen MR) is 77.6 cm³/mol. The van der Waals surface area contributed by atoms with Gasteiger partial charge in [0.05, 0.1) is 17.1 Å². The van der Waals surface area contributed by atoms with Crippen LogP contribution in [0.4, 0.5) is 15.8 Å². The summed E-state index contributed by atoms with van der Waals surface area (Å²) >= 11 is 0. The molecule has 0 amide bonds. The molecule has 108 valence electrons. The summed E-state index contributed by atoms with van der Waals surface area (Å²) in [5, 5.41) is 0. The van der Waals surface area contributed by atoms with Crippen LogP contribution in [0.2, 0.25) is 0 Å². The van der Waals surface area contributed by atoms with Gasteiger partial charge in [-0.05, 0) is 32.4 Å². The normalized spacial score (nSPS) is 11.7. The van der Waals surface area contributed by atoms with Crippen molar-refractivity contribution < 1.29 is 12.8 Å². The fourth-order valence-corrected chi connectivity index (χ4v) is 2.76. The van der Waals surface area contributed by atoms with Crippen molar-refractivity contribution in [1.82, 2.24) is 0 Å². The Morgan fingerprint density at radius 2 is 2.00 bits per heavy atom. The number of nitrogens with zero attached hydrogens (tertiary/aromatic N) is 1. The highest BCUT2D eigenvalue weighted by molar-refractivity contribution is 7.92. The van der Waals surface area contributed by atoms with E-state index in [1.807, 2.05) is 13.8 Å². The van der Waals surface area contributed by atoms with Crippen molar-refractivity contribution in [2.75, 3.05) is 22.4 Å². The lowest BCUT2D eigenvalue weighted by atomic mass is 10.2. The van der Waals surface area contributed by atoms with Crippen molar-refractivity contribution in [2.45, 2.75) is 33.2 Å². The van der Waals surface area contributed by atoms with Gasteiger partial charge in [-0.3, -0.25) is 4.72 Å². The van der Waals surface area contributed by atoms with Gasteiger partial charge >= 0.3 is 0 Å². The van der Waals surface area contributed by atoms with Gasteiger partial charge in [0, 0.05) is 19.2 Å². The summed E-state index contributed by atoms with van der Waals surface area (Å²) in [6.45, 7) is 5.69. The van der Waals surface area contributed by atoms with Crippen LogP contribution in [0.1, 0.15) is 27.2 Å². The van der Waals surface area contributed by atoms with Crippen LogP contribution < -0.4 is 9.62 Å². The summed E-state index contributed by atoms with van der Waals surface area (Å²) in [5.74, 6) is -0.407. The molecule has 0 unspecified atom stereocenters. The third kappa shape index (κ3) is 4.38. The second kappa shape index (κ2) is 6.23. The van der Waals surface area contributed by atoms with Gasteiger partial charge in [-0.2, -0.15) is 0 Å². The Morgan fingerprint density at radius 3 is 2.47 bits per heavy atom. The number of hydrogen-bond donors (Lipinski definition) is 1. The standard InChI is InChI=1S/C13H21FN2O2S/c1-5-8-19(17,18)15-11-6-7-13(12(14)9-11)16(4)10(2)3/h6-7,9-10,15H,5,8H2,1-4H3. The van der Waals surface area contributed by atoms with Gasteiger partial charge in [0.2, 0.25) is 10.0 Å². The van der Waals surface area contributed by atoms with Crippen molar-refractivity contribution in [3.63, 3.8) is 0 Å². The van der Waals surface area contributed by atoms with E-state index in [-0.39, 0.29) is 17.5 Å². The number of halogens is 1. The van der Waals surface area contributed by atoms with Gasteiger partial charge in [-0.1, -0.05) is 6.92 Å². The minimum atomic E-state index is -3.38. The molecule has 0 aliphatic heterocycles. The van der Waals surface area contributed by atoms with Crippen LogP contribution in [0.25, 0.3) is 0 Å². The van der Waals surface area contributed by atoms with Crippen LogP contribution in [0.15, 0.2) is 18.2 Å². The third-order valence-electron chi connectivity index (χ3n) is 2.85. The average Bonchev–Trinajstić information content (AvgIpc) is 2.27. The molecule has 0 aromatic heterocycles. The maximum absolute atomic E-state index is 13.9. The third-order valence-corrected chi connectivity index (χ3v) is 4.34. The van der Waals surface area contributed by atoms with Crippen molar-refractivity contribution >= 4 is 21.4 Å². The summed E-state index contributed by atoms with van der Waals surface area (Å²) in [7, 11) is -1.59. The SMILES string of the molecule is CCCS(=O)(=O)Nc1ccc(N(C)C(C)C)c(F)c1. The second-order valence-electron chi connectivity index (χ2n) is 4.79. The molecule has 1 rings (SSSR count). The van der Waals surface area contributed by atoms with E-state index in [9.17, 15) is 12.8 Å². The maximum atomic E-state index is 13.9. The summed E-state index contributed by atoms with van der Waals surface area (Å²) in [4.78, 5) is 1.79. The number of hydrogen-bond acceptors (Lipinski definition) is 3. The highest BCUT2D eigenvalue weighted by atomic mass is 32.2. The molecule has 0 aliphatic rings. The number of nitrogens with one attached hydrogen (secondary N) is 1. The van der Waals surface area contributed by atoms with E-state index < -0.39 is 15.8 Å². The Bertz CT molecular complexity index is 529. The lowest BCUT2D eigenvalue weighted by molar-refractivity contribution is 0.599. The van der Waals surface area contributed by atoms with Gasteiger partial charge in [0.1, 0.15) is 5.82 Å². The number of anilines is 2. The van der Waals surface area contributed by atoms with Crippen molar-refractivity contribution in [2.24, 2.45) is 0 Å². The van der Waals surface area contributed by atoms with Crippen molar-refractivity contribution in [1.29, 1.82) is 0 Å². The molecule has 6 heteroatoms. The maximum Gasteiger partial charge on any atom is 0.232 e. The molecule has 1 N–H and O–H groups in total. The monoisotopic (exact) mass is 288 g/mol. The zero-order valence-electron chi connectivity index (χ0n) is 11.8. The molecule has 19 heavy (non-hydrogen) atoms. The van der Waals surface area contributed by atoms with Crippen LogP contribution in [-0.2, 0) is 10.0 Å². The molecule has 0 saturated carbocycles. The van der Waals surface area contributed by atoms with Crippen LogP contribution in [0.3, 0.4) is 0 Å². The molecule has 1 aromatic carbocycles. The van der Waals surface area contributed by atoms with Gasteiger partial charge in [-0.15, -0.1) is 0 Å². The van der Waals surface area contributed by atoms with E-state index in [0.29, 0.717) is 12.1 Å². The molecule has 0 fully saturated rings. The molecule has 0 atom stereocenters. The molecule has 0 radical (unpaired) electrons. The molecule has 0 saturated heterocycles. The van der Waals surface area contributed by atoms with Gasteiger partial charge in [0.15, 0.2) is 0 Å². The Balaban J connectivity index is 2.95. The molecule has 4 nitrogen and oxygen atoms in total. The summed E-state index contributed by atoms with van der Waals surface area (Å²) in [6.07, 6.45) is 0.520. The Labute approximate surface area is 114 Å². The average molecular weight is 288 g/mol. The number of benzene rings is 1. The Morgan fingerprint density at radius 1 is 1.37 bits per heavy atom. The van der Waals surface area contributed by atoms with Gasteiger partial charge in [-0.25, -0.2) is 12.8 Å². The highest BCUT2D eigenvalue weighted by Crippen LogP contribution is 2.24. The van der Waals surface area contributed by atoms with Gasteiger partial charge < -0.3 is 4.90 Å². The summed E-state index contributed by atoms with van der Waals surface area (Å²) in [6, 6.07) is 4.53. The van der Waals surface area contributed by atoms with Crippen LogP contribution in [0, 0.1) is 5.82 Å². The smallest absolute Gasteiger partial charge is 0.232 e. The van der Waals surface area contributed by atoms with Crippen LogP contribution >= 0.6 is 0 Å². The lowest BCUT2D eigenvalue weighted by Gasteiger charge is -2.24. The Kier molecular flexibility index (Phi) is 5.17. The molecular weight excluding hydrogens is 267 g/mol. The number of rotatable bonds is 6. The number of sulfonamides is 1. The molecular formula is C13H21FN2O2S. The highest BCUT2D eigenvalue weighted by Gasteiger charge is 2.13. The minimum absolute atomic E-state index is 0.0300. The van der Waals surface area contributed by atoms with E-state index >= 15 is 0 Å². The largest absolute Gasteiger partial charge is 0.370 e. The van der Waals surface area contributed by atoms with E-state index in [0.717, 1.165) is 0 Å². The van der Waals surface area contributed by atoms with Gasteiger partial charge in [0.25, 0.3) is 0 Å². The first-order valence-corrected chi connectivity index (χ1v) is 7.95. The molecule has 1 aromatic rings. The fourth-order valence-electron chi connectivity index (χ4n) is 1.63. The minimum Gasteiger partial charge on any atom is -0.370 e. The first-order chi connectivity index (χ1) is 8.76. The zero-order valence-corrected chi connectivity index (χ0v) is 12.6. The first kappa shape index (κ1) is 15.8. The molecule has 0 bridgehead atoms. The summed E-state index contributed by atoms with van der Waals surface area (Å²) < 4.78 is 39.5. The topological polar surface area (TPSA) is 49.4 Å². The van der Waals surface area contributed by atoms with Crippen LogP contribution in [0.5, 0.6) is 0 Å². The lowest BCUT2D eigenvalue weighted by Crippen LogP contribution is -2.26.